The van der Waals surface area contributed by atoms with Crippen molar-refractivity contribution < 1.29 is 4.79 Å². The second-order valence-electron chi connectivity index (χ2n) is 5.80. The van der Waals surface area contributed by atoms with Crippen LogP contribution in [0.15, 0.2) is 24.3 Å². The minimum absolute atomic E-state index is 0.0385. The van der Waals surface area contributed by atoms with Gasteiger partial charge in [-0.15, -0.1) is 0 Å². The van der Waals surface area contributed by atoms with E-state index >= 15 is 0 Å². The number of carbonyl (C=O) groups excluding carboxylic acids is 1. The zero-order valence-corrected chi connectivity index (χ0v) is 11.3. The molecule has 0 bridgehead atoms. The number of nitrogens with zero attached hydrogens (tertiary/aromatic N) is 1. The fourth-order valence-electron chi connectivity index (χ4n) is 3.13. The SMILES string of the molecule is CC1CN(C2CCc3ccccc3NC2=O)CC1N. The van der Waals surface area contributed by atoms with Gasteiger partial charge in [-0.05, 0) is 30.4 Å². The summed E-state index contributed by atoms with van der Waals surface area (Å²) in [4.78, 5) is 14.6. The normalized spacial score (nSPS) is 31.7. The Kier molecular flexibility index (Phi) is 3.29. The highest BCUT2D eigenvalue weighted by molar-refractivity contribution is 5.96. The van der Waals surface area contributed by atoms with E-state index in [0.29, 0.717) is 5.92 Å². The molecular weight excluding hydrogens is 238 g/mol. The van der Waals surface area contributed by atoms with Crippen molar-refractivity contribution >= 4 is 11.6 Å². The molecule has 2 aliphatic heterocycles. The molecule has 1 saturated heterocycles. The average molecular weight is 259 g/mol. The van der Waals surface area contributed by atoms with Crippen LogP contribution in [-0.4, -0.2) is 36.0 Å². The Morgan fingerprint density at radius 3 is 2.84 bits per heavy atom. The second kappa shape index (κ2) is 4.94. The van der Waals surface area contributed by atoms with Gasteiger partial charge in [0.2, 0.25) is 5.91 Å². The van der Waals surface area contributed by atoms with E-state index < -0.39 is 0 Å². The quantitative estimate of drug-likeness (QED) is 0.797. The number of carbonyl (C=O) groups is 1. The summed E-state index contributed by atoms with van der Waals surface area (Å²) >= 11 is 0. The van der Waals surface area contributed by atoms with Gasteiger partial charge in [-0.3, -0.25) is 9.69 Å². The number of para-hydroxylation sites is 1. The summed E-state index contributed by atoms with van der Waals surface area (Å²) in [6.45, 7) is 3.92. The monoisotopic (exact) mass is 259 g/mol. The van der Waals surface area contributed by atoms with Crippen LogP contribution in [0, 0.1) is 5.92 Å². The third-order valence-corrected chi connectivity index (χ3v) is 4.40. The molecule has 2 heterocycles. The zero-order chi connectivity index (χ0) is 13.4. The molecule has 0 aromatic heterocycles. The van der Waals surface area contributed by atoms with Gasteiger partial charge in [0.25, 0.3) is 0 Å². The molecule has 19 heavy (non-hydrogen) atoms. The molecule has 4 heteroatoms. The molecule has 2 aliphatic rings. The lowest BCUT2D eigenvalue weighted by molar-refractivity contribution is -0.121. The van der Waals surface area contributed by atoms with Crippen molar-refractivity contribution in [1.82, 2.24) is 4.90 Å². The lowest BCUT2D eigenvalue weighted by Gasteiger charge is -2.25. The predicted molar refractivity (Wildman–Crippen MR) is 75.9 cm³/mol. The highest BCUT2D eigenvalue weighted by Gasteiger charge is 2.35. The number of benzene rings is 1. The van der Waals surface area contributed by atoms with Gasteiger partial charge >= 0.3 is 0 Å². The van der Waals surface area contributed by atoms with Crippen molar-refractivity contribution in [3.05, 3.63) is 29.8 Å². The van der Waals surface area contributed by atoms with Crippen molar-refractivity contribution in [2.75, 3.05) is 18.4 Å². The van der Waals surface area contributed by atoms with Gasteiger partial charge in [0.1, 0.15) is 0 Å². The van der Waals surface area contributed by atoms with Gasteiger partial charge in [0, 0.05) is 24.8 Å². The van der Waals surface area contributed by atoms with Crippen molar-refractivity contribution in [3.63, 3.8) is 0 Å². The third-order valence-electron chi connectivity index (χ3n) is 4.40. The van der Waals surface area contributed by atoms with E-state index in [2.05, 4.69) is 23.2 Å². The number of nitrogens with one attached hydrogen (secondary N) is 1. The van der Waals surface area contributed by atoms with E-state index in [4.69, 9.17) is 5.73 Å². The maximum absolute atomic E-state index is 12.4. The van der Waals surface area contributed by atoms with Gasteiger partial charge in [0.15, 0.2) is 0 Å². The molecule has 1 aromatic carbocycles. The van der Waals surface area contributed by atoms with Crippen LogP contribution in [0.4, 0.5) is 5.69 Å². The average Bonchev–Trinajstić information content (AvgIpc) is 2.62. The van der Waals surface area contributed by atoms with Crippen LogP contribution in [0.25, 0.3) is 0 Å². The number of hydrogen-bond acceptors (Lipinski definition) is 3. The number of aryl methyl sites for hydroxylation is 1. The Labute approximate surface area is 114 Å². The van der Waals surface area contributed by atoms with E-state index in [-0.39, 0.29) is 18.0 Å². The summed E-state index contributed by atoms with van der Waals surface area (Å²) in [6.07, 6.45) is 1.82. The number of fused-ring (bicyclic) bond motifs is 1. The molecule has 4 nitrogen and oxygen atoms in total. The first-order valence-corrected chi connectivity index (χ1v) is 7.03. The Morgan fingerprint density at radius 1 is 1.32 bits per heavy atom. The van der Waals surface area contributed by atoms with Crippen molar-refractivity contribution in [3.8, 4) is 0 Å². The summed E-state index contributed by atoms with van der Waals surface area (Å²) in [5.74, 6) is 0.588. The number of nitrogens with two attached hydrogens (primary N) is 1. The minimum Gasteiger partial charge on any atom is -0.326 e. The first kappa shape index (κ1) is 12.6. The summed E-state index contributed by atoms with van der Waals surface area (Å²) in [5, 5.41) is 3.06. The summed E-state index contributed by atoms with van der Waals surface area (Å²) < 4.78 is 0. The number of amides is 1. The molecule has 1 aromatic rings. The molecule has 1 fully saturated rings. The molecule has 1 amide bonds. The molecule has 102 valence electrons. The number of likely N-dealkylation sites (tertiary alicyclic amines) is 1. The van der Waals surface area contributed by atoms with E-state index in [1.807, 2.05) is 18.2 Å². The van der Waals surface area contributed by atoms with Crippen molar-refractivity contribution in [1.29, 1.82) is 0 Å². The molecule has 3 N–H and O–H groups in total. The van der Waals surface area contributed by atoms with Gasteiger partial charge < -0.3 is 11.1 Å². The van der Waals surface area contributed by atoms with E-state index in [1.54, 1.807) is 0 Å². The van der Waals surface area contributed by atoms with Gasteiger partial charge in [-0.25, -0.2) is 0 Å². The first-order chi connectivity index (χ1) is 9.15. The van der Waals surface area contributed by atoms with Crippen LogP contribution >= 0.6 is 0 Å². The Bertz CT molecular complexity index is 478. The molecule has 0 saturated carbocycles. The molecule has 3 unspecified atom stereocenters. The largest absolute Gasteiger partial charge is 0.326 e. The maximum atomic E-state index is 12.4. The molecule has 3 rings (SSSR count). The predicted octanol–water partition coefficient (Wildman–Crippen LogP) is 1.22. The smallest absolute Gasteiger partial charge is 0.241 e. The van der Waals surface area contributed by atoms with Crippen LogP contribution in [-0.2, 0) is 11.2 Å². The van der Waals surface area contributed by atoms with Crippen molar-refractivity contribution in [2.24, 2.45) is 11.7 Å². The summed E-state index contributed by atoms with van der Waals surface area (Å²) in [5.41, 5.74) is 8.27. The van der Waals surface area contributed by atoms with E-state index in [9.17, 15) is 4.79 Å². The first-order valence-electron chi connectivity index (χ1n) is 7.03. The Hall–Kier alpha value is -1.39. The highest BCUT2D eigenvalue weighted by Crippen LogP contribution is 2.26. The topological polar surface area (TPSA) is 58.4 Å². The lowest BCUT2D eigenvalue weighted by atomic mass is 10.1. The Balaban J connectivity index is 1.78. The highest BCUT2D eigenvalue weighted by atomic mass is 16.2. The summed E-state index contributed by atoms with van der Waals surface area (Å²) in [6, 6.07) is 8.22. The standard InChI is InChI=1S/C15H21N3O/c1-10-8-18(9-12(10)16)14-7-6-11-4-2-3-5-13(11)17-15(14)19/h2-5,10,12,14H,6-9,16H2,1H3,(H,17,19). The van der Waals surface area contributed by atoms with Gasteiger partial charge in [-0.1, -0.05) is 25.1 Å². The van der Waals surface area contributed by atoms with Gasteiger partial charge in [0.05, 0.1) is 6.04 Å². The van der Waals surface area contributed by atoms with Crippen LogP contribution in [0.3, 0.4) is 0 Å². The van der Waals surface area contributed by atoms with Crippen LogP contribution < -0.4 is 11.1 Å². The molecule has 3 atom stereocenters. The minimum atomic E-state index is -0.0385. The number of hydrogen-bond donors (Lipinski definition) is 2. The molecular formula is C15H21N3O. The van der Waals surface area contributed by atoms with Crippen LogP contribution in [0.1, 0.15) is 18.9 Å². The van der Waals surface area contributed by atoms with Crippen molar-refractivity contribution in [2.45, 2.75) is 31.8 Å². The maximum Gasteiger partial charge on any atom is 0.241 e. The molecule has 0 radical (unpaired) electrons. The summed E-state index contributed by atoms with van der Waals surface area (Å²) in [7, 11) is 0. The van der Waals surface area contributed by atoms with E-state index in [1.165, 1.54) is 5.56 Å². The Morgan fingerprint density at radius 2 is 2.11 bits per heavy atom. The molecule has 0 spiro atoms. The number of anilines is 1. The van der Waals surface area contributed by atoms with Gasteiger partial charge in [-0.2, -0.15) is 0 Å². The zero-order valence-electron chi connectivity index (χ0n) is 11.3. The fraction of sp³-hybridized carbons (Fsp3) is 0.533. The second-order valence-corrected chi connectivity index (χ2v) is 5.80. The lowest BCUT2D eigenvalue weighted by Crippen LogP contribution is -2.43. The number of rotatable bonds is 1. The van der Waals surface area contributed by atoms with E-state index in [0.717, 1.165) is 31.6 Å². The van der Waals surface area contributed by atoms with Crippen LogP contribution in [0.2, 0.25) is 0 Å². The third kappa shape index (κ3) is 2.38. The fourth-order valence-corrected chi connectivity index (χ4v) is 3.13. The van der Waals surface area contributed by atoms with Crippen LogP contribution in [0.5, 0.6) is 0 Å². The molecule has 0 aliphatic carbocycles.